The van der Waals surface area contributed by atoms with Gasteiger partial charge in [-0.05, 0) is 18.4 Å². The topological polar surface area (TPSA) is 20.3 Å². The van der Waals surface area contributed by atoms with Crippen LogP contribution in [0.15, 0.2) is 35.6 Å². The molecule has 0 aromatic carbocycles. The Kier molecular flexibility index (Phi) is 1.83. The molecule has 2 rings (SSSR count). The van der Waals surface area contributed by atoms with Gasteiger partial charge in [0.2, 0.25) is 0 Å². The molecule has 2 heteroatoms. The van der Waals surface area contributed by atoms with Crippen LogP contribution in [0.2, 0.25) is 0 Å². The summed E-state index contributed by atoms with van der Waals surface area (Å²) in [6.07, 6.45) is 7.08. The lowest BCUT2D eigenvalue weighted by Crippen LogP contribution is -2.33. The lowest BCUT2D eigenvalue weighted by molar-refractivity contribution is -0.124. The summed E-state index contributed by atoms with van der Waals surface area (Å²) in [7, 11) is 1.79. The maximum Gasteiger partial charge on any atom is 0.257 e. The molecule has 0 unspecified atom stereocenters. The van der Waals surface area contributed by atoms with Crippen molar-refractivity contribution in [2.75, 3.05) is 7.05 Å². The van der Waals surface area contributed by atoms with Crippen LogP contribution in [0.1, 0.15) is 19.3 Å². The first-order chi connectivity index (χ1) is 6.20. The molecule has 0 radical (unpaired) electrons. The van der Waals surface area contributed by atoms with Gasteiger partial charge in [-0.1, -0.05) is 18.7 Å². The van der Waals surface area contributed by atoms with Crippen LogP contribution >= 0.6 is 0 Å². The molecule has 1 heterocycles. The zero-order valence-corrected chi connectivity index (χ0v) is 7.84. The third-order valence-corrected chi connectivity index (χ3v) is 2.66. The van der Waals surface area contributed by atoms with Crippen LogP contribution in [-0.4, -0.2) is 17.9 Å². The average Bonchev–Trinajstić information content (AvgIpc) is 2.15. The summed E-state index contributed by atoms with van der Waals surface area (Å²) in [5.41, 5.74) is 2.95. The van der Waals surface area contributed by atoms with E-state index < -0.39 is 0 Å². The fourth-order valence-electron chi connectivity index (χ4n) is 1.78. The van der Waals surface area contributed by atoms with Gasteiger partial charge in [-0.2, -0.15) is 0 Å². The van der Waals surface area contributed by atoms with Gasteiger partial charge >= 0.3 is 0 Å². The predicted octanol–water partition coefficient (Wildman–Crippen LogP) is 2.01. The van der Waals surface area contributed by atoms with E-state index >= 15 is 0 Å². The molecule has 1 aliphatic heterocycles. The SMILES string of the molecule is C=C1CC2=CCCC=C2C(=O)N1C. The Morgan fingerprint density at radius 1 is 1.38 bits per heavy atom. The van der Waals surface area contributed by atoms with E-state index in [0.29, 0.717) is 0 Å². The van der Waals surface area contributed by atoms with Crippen molar-refractivity contribution in [3.8, 4) is 0 Å². The highest BCUT2D eigenvalue weighted by molar-refractivity contribution is 6.00. The molecule has 0 aromatic rings. The Labute approximate surface area is 78.2 Å². The third-order valence-electron chi connectivity index (χ3n) is 2.66. The van der Waals surface area contributed by atoms with E-state index in [0.717, 1.165) is 30.5 Å². The van der Waals surface area contributed by atoms with Gasteiger partial charge in [-0.3, -0.25) is 4.79 Å². The fourth-order valence-corrected chi connectivity index (χ4v) is 1.78. The molecule has 0 aromatic heterocycles. The Hall–Kier alpha value is -1.31. The molecule has 13 heavy (non-hydrogen) atoms. The number of nitrogens with zero attached hydrogens (tertiary/aromatic N) is 1. The number of likely N-dealkylation sites (tertiary alicyclic amines) is 1. The molecule has 2 aliphatic rings. The van der Waals surface area contributed by atoms with E-state index in [2.05, 4.69) is 12.7 Å². The minimum absolute atomic E-state index is 0.0993. The maximum atomic E-state index is 11.7. The summed E-state index contributed by atoms with van der Waals surface area (Å²) < 4.78 is 0. The first-order valence-corrected chi connectivity index (χ1v) is 4.55. The third kappa shape index (κ3) is 1.22. The highest BCUT2D eigenvalue weighted by Gasteiger charge is 2.27. The van der Waals surface area contributed by atoms with E-state index in [1.165, 1.54) is 5.57 Å². The molecule has 2 nitrogen and oxygen atoms in total. The molecule has 0 atom stereocenters. The molecule has 1 aliphatic carbocycles. The van der Waals surface area contributed by atoms with Crippen molar-refractivity contribution in [1.29, 1.82) is 0 Å². The number of carbonyl (C=O) groups excluding carboxylic acids is 1. The number of hydrogen-bond donors (Lipinski definition) is 0. The number of hydrogen-bond acceptors (Lipinski definition) is 1. The highest BCUT2D eigenvalue weighted by Crippen LogP contribution is 2.31. The van der Waals surface area contributed by atoms with E-state index in [1.54, 1.807) is 11.9 Å². The first kappa shape index (κ1) is 8.30. The summed E-state index contributed by atoms with van der Waals surface area (Å²) >= 11 is 0. The number of fused-ring (bicyclic) bond motifs is 1. The highest BCUT2D eigenvalue weighted by atomic mass is 16.2. The standard InChI is InChI=1S/C11H13NO/c1-8-7-9-5-3-4-6-10(9)11(13)12(8)2/h5-6H,1,3-4,7H2,2H3. The lowest BCUT2D eigenvalue weighted by Gasteiger charge is -2.30. The summed E-state index contributed by atoms with van der Waals surface area (Å²) in [5, 5.41) is 0. The number of carbonyl (C=O) groups is 1. The van der Waals surface area contributed by atoms with Gasteiger partial charge in [0.15, 0.2) is 0 Å². The number of piperidine rings is 1. The van der Waals surface area contributed by atoms with Crippen molar-refractivity contribution in [3.63, 3.8) is 0 Å². The summed E-state index contributed by atoms with van der Waals surface area (Å²) in [4.78, 5) is 13.4. The van der Waals surface area contributed by atoms with Crippen molar-refractivity contribution < 1.29 is 4.79 Å². The van der Waals surface area contributed by atoms with Gasteiger partial charge in [-0.15, -0.1) is 0 Å². The molecule has 68 valence electrons. The van der Waals surface area contributed by atoms with Crippen molar-refractivity contribution in [3.05, 3.63) is 35.6 Å². The van der Waals surface area contributed by atoms with Crippen LogP contribution in [0.3, 0.4) is 0 Å². The average molecular weight is 175 g/mol. The Bertz CT molecular complexity index is 336. The minimum Gasteiger partial charge on any atom is -0.315 e. The summed E-state index contributed by atoms with van der Waals surface area (Å²) in [6, 6.07) is 0. The van der Waals surface area contributed by atoms with Gasteiger partial charge in [0.05, 0.1) is 0 Å². The van der Waals surface area contributed by atoms with Crippen molar-refractivity contribution in [2.45, 2.75) is 19.3 Å². The second-order valence-electron chi connectivity index (χ2n) is 3.53. The predicted molar refractivity (Wildman–Crippen MR) is 51.9 cm³/mol. The second-order valence-corrected chi connectivity index (χ2v) is 3.53. The Morgan fingerprint density at radius 2 is 2.08 bits per heavy atom. The van der Waals surface area contributed by atoms with Crippen LogP contribution < -0.4 is 0 Å². The molecule has 0 saturated carbocycles. The zero-order chi connectivity index (χ0) is 9.42. The Balaban J connectivity index is 2.38. The van der Waals surface area contributed by atoms with Crippen molar-refractivity contribution >= 4 is 5.91 Å². The largest absolute Gasteiger partial charge is 0.315 e. The second kappa shape index (κ2) is 2.87. The van der Waals surface area contributed by atoms with Crippen LogP contribution in [0.25, 0.3) is 0 Å². The number of allylic oxidation sites excluding steroid dienone is 3. The van der Waals surface area contributed by atoms with Crippen molar-refractivity contribution in [1.82, 2.24) is 4.90 Å². The molecule has 1 amide bonds. The quantitative estimate of drug-likeness (QED) is 0.551. The monoisotopic (exact) mass is 175 g/mol. The molecular weight excluding hydrogens is 162 g/mol. The first-order valence-electron chi connectivity index (χ1n) is 4.55. The van der Waals surface area contributed by atoms with Gasteiger partial charge < -0.3 is 4.90 Å². The van der Waals surface area contributed by atoms with Gasteiger partial charge in [0.25, 0.3) is 5.91 Å². The van der Waals surface area contributed by atoms with E-state index in [9.17, 15) is 4.79 Å². The molecule has 0 bridgehead atoms. The maximum absolute atomic E-state index is 11.7. The number of rotatable bonds is 0. The molecule has 1 fully saturated rings. The normalized spacial score (nSPS) is 22.4. The van der Waals surface area contributed by atoms with Gasteiger partial charge in [0.1, 0.15) is 0 Å². The van der Waals surface area contributed by atoms with Crippen LogP contribution in [0, 0.1) is 0 Å². The fraction of sp³-hybridized carbons (Fsp3) is 0.364. The van der Waals surface area contributed by atoms with Gasteiger partial charge in [0, 0.05) is 24.7 Å². The zero-order valence-electron chi connectivity index (χ0n) is 7.84. The lowest BCUT2D eigenvalue weighted by atomic mass is 9.90. The molecule has 1 saturated heterocycles. The van der Waals surface area contributed by atoms with Crippen LogP contribution in [0.4, 0.5) is 0 Å². The van der Waals surface area contributed by atoms with E-state index in [-0.39, 0.29) is 5.91 Å². The molecule has 0 N–H and O–H groups in total. The number of likely N-dealkylation sites (N-methyl/N-ethyl adjacent to an activating group) is 1. The van der Waals surface area contributed by atoms with E-state index in [1.807, 2.05) is 6.08 Å². The van der Waals surface area contributed by atoms with Crippen molar-refractivity contribution in [2.24, 2.45) is 0 Å². The summed E-state index contributed by atoms with van der Waals surface area (Å²) in [5.74, 6) is 0.0993. The number of amides is 1. The molecular formula is C11H13NO. The van der Waals surface area contributed by atoms with Gasteiger partial charge in [-0.25, -0.2) is 0 Å². The summed E-state index contributed by atoms with van der Waals surface area (Å²) in [6.45, 7) is 3.87. The minimum atomic E-state index is 0.0993. The van der Waals surface area contributed by atoms with E-state index in [4.69, 9.17) is 0 Å². The van der Waals surface area contributed by atoms with Crippen LogP contribution in [-0.2, 0) is 4.79 Å². The Morgan fingerprint density at radius 3 is 2.85 bits per heavy atom. The smallest absolute Gasteiger partial charge is 0.257 e. The van der Waals surface area contributed by atoms with Crippen LogP contribution in [0.5, 0.6) is 0 Å². The molecule has 0 spiro atoms.